The number of carbonyl (C=O) groups excluding carboxylic acids is 2. The lowest BCUT2D eigenvalue weighted by atomic mass is 9.89. The van der Waals surface area contributed by atoms with Crippen LogP contribution >= 0.6 is 11.3 Å². The average Bonchev–Trinajstić information content (AvgIpc) is 3.16. The molecule has 1 aromatic rings. The number of nitriles is 1. The third-order valence-corrected chi connectivity index (χ3v) is 6.67. The predicted octanol–water partition coefficient (Wildman–Crippen LogP) is 5.46. The van der Waals surface area contributed by atoms with Gasteiger partial charge in [0.15, 0.2) is 5.13 Å². The van der Waals surface area contributed by atoms with E-state index in [2.05, 4.69) is 39.5 Å². The first-order valence-corrected chi connectivity index (χ1v) is 12.4. The minimum absolute atomic E-state index is 0.0345. The number of unbranched alkanes of at least 4 members (excludes halogenated alkanes) is 2. The van der Waals surface area contributed by atoms with E-state index in [1.165, 1.54) is 0 Å². The maximum atomic E-state index is 13.1. The maximum absolute atomic E-state index is 13.1. The molecule has 0 aliphatic carbocycles. The first-order chi connectivity index (χ1) is 15.1. The van der Waals surface area contributed by atoms with Crippen molar-refractivity contribution in [1.29, 1.82) is 5.26 Å². The molecule has 1 aliphatic rings. The van der Waals surface area contributed by atoms with Gasteiger partial charge in [0.05, 0.1) is 10.6 Å². The topological polar surface area (TPSA) is 77.3 Å². The van der Waals surface area contributed by atoms with E-state index in [0.717, 1.165) is 59.4 Å². The van der Waals surface area contributed by atoms with Gasteiger partial charge in [-0.05, 0) is 38.3 Å². The molecule has 0 unspecified atom stereocenters. The fourth-order valence-electron chi connectivity index (χ4n) is 3.64. The van der Waals surface area contributed by atoms with Crippen molar-refractivity contribution in [2.24, 2.45) is 0 Å². The van der Waals surface area contributed by atoms with Gasteiger partial charge in [0.2, 0.25) is 0 Å². The summed E-state index contributed by atoms with van der Waals surface area (Å²) in [7, 11) is 0. The monoisotopic (exact) mass is 456 g/mol. The minimum atomic E-state index is -0.513. The quantitative estimate of drug-likeness (QED) is 0.364. The van der Waals surface area contributed by atoms with Crippen molar-refractivity contribution in [3.8, 4) is 6.07 Å². The Balaban J connectivity index is 2.64. The van der Waals surface area contributed by atoms with Gasteiger partial charge in [-0.25, -0.2) is 4.98 Å². The summed E-state index contributed by atoms with van der Waals surface area (Å²) in [5, 5.41) is 10.5. The zero-order chi connectivity index (χ0) is 24.1. The van der Waals surface area contributed by atoms with E-state index in [0.29, 0.717) is 11.1 Å². The summed E-state index contributed by atoms with van der Waals surface area (Å²) in [6.45, 7) is 16.3. The zero-order valence-corrected chi connectivity index (χ0v) is 21.4. The van der Waals surface area contributed by atoms with Crippen LogP contribution in [0.2, 0.25) is 0 Å². The molecule has 0 fully saturated rings. The Morgan fingerprint density at radius 2 is 1.69 bits per heavy atom. The van der Waals surface area contributed by atoms with Crippen molar-refractivity contribution in [1.82, 2.24) is 9.88 Å². The number of likely N-dealkylation sites (N-methyl/N-ethyl adjacent to an activating group) is 1. The zero-order valence-electron chi connectivity index (χ0n) is 20.5. The Kier molecular flexibility index (Phi) is 8.80. The first kappa shape index (κ1) is 25.8. The molecule has 0 atom stereocenters. The van der Waals surface area contributed by atoms with Gasteiger partial charge in [-0.1, -0.05) is 58.8 Å². The summed E-state index contributed by atoms with van der Waals surface area (Å²) < 4.78 is 0. The molecule has 2 amide bonds. The molecule has 0 radical (unpaired) electrons. The van der Waals surface area contributed by atoms with Crippen LogP contribution in [0.25, 0.3) is 6.08 Å². The van der Waals surface area contributed by atoms with E-state index in [1.807, 2.05) is 12.1 Å². The van der Waals surface area contributed by atoms with Gasteiger partial charge < -0.3 is 4.90 Å². The number of imide groups is 1. The SMILES string of the molecule is CCCCN(CCCC)c1nc(C(C)(C)C)c(/C=C2\C(=O)N(CC)C(=O)C(C#N)=C2C)s1. The lowest BCUT2D eigenvalue weighted by Crippen LogP contribution is -2.42. The van der Waals surface area contributed by atoms with Gasteiger partial charge in [-0.15, -0.1) is 0 Å². The second-order valence-corrected chi connectivity index (χ2v) is 10.2. The van der Waals surface area contributed by atoms with E-state index < -0.39 is 5.91 Å². The van der Waals surface area contributed by atoms with E-state index >= 15 is 0 Å². The molecule has 174 valence electrons. The molecular formula is C25H36N4O2S. The number of nitrogens with zero attached hydrogens (tertiary/aromatic N) is 4. The first-order valence-electron chi connectivity index (χ1n) is 11.6. The fourth-order valence-corrected chi connectivity index (χ4v) is 4.91. The molecule has 0 saturated heterocycles. The second-order valence-electron chi connectivity index (χ2n) is 9.18. The Labute approximate surface area is 196 Å². The molecule has 6 nitrogen and oxygen atoms in total. The van der Waals surface area contributed by atoms with Gasteiger partial charge in [0.1, 0.15) is 11.6 Å². The standard InChI is InChI=1S/C25H36N4O2S/c1-8-11-13-28(14-12-9-2)24-27-21(25(5,6)7)20(32-24)15-18-17(4)19(16-26)23(31)29(10-3)22(18)30/h15H,8-14H2,1-7H3/b18-15-. The Morgan fingerprint density at radius 3 is 2.16 bits per heavy atom. The summed E-state index contributed by atoms with van der Waals surface area (Å²) in [5.74, 6) is -0.862. The molecule has 2 rings (SSSR count). The van der Waals surface area contributed by atoms with Crippen LogP contribution in [0.1, 0.15) is 84.7 Å². The van der Waals surface area contributed by atoms with Gasteiger partial charge >= 0.3 is 0 Å². The van der Waals surface area contributed by atoms with Crippen LogP contribution in [0, 0.1) is 11.3 Å². The molecule has 1 aliphatic heterocycles. The Morgan fingerprint density at radius 1 is 1.09 bits per heavy atom. The number of amides is 2. The van der Waals surface area contributed by atoms with Crippen LogP contribution in [0.3, 0.4) is 0 Å². The largest absolute Gasteiger partial charge is 0.348 e. The lowest BCUT2D eigenvalue weighted by Gasteiger charge is -2.26. The lowest BCUT2D eigenvalue weighted by molar-refractivity contribution is -0.140. The van der Waals surface area contributed by atoms with Crippen LogP contribution in [0.5, 0.6) is 0 Å². The van der Waals surface area contributed by atoms with E-state index in [9.17, 15) is 14.9 Å². The number of rotatable bonds is 9. The molecule has 0 saturated carbocycles. The van der Waals surface area contributed by atoms with E-state index in [4.69, 9.17) is 4.98 Å². The van der Waals surface area contributed by atoms with Crippen LogP contribution in [-0.4, -0.2) is 41.3 Å². The van der Waals surface area contributed by atoms with Crippen LogP contribution < -0.4 is 4.90 Å². The van der Waals surface area contributed by atoms with E-state index in [1.54, 1.807) is 25.2 Å². The molecule has 1 aromatic heterocycles. The highest BCUT2D eigenvalue weighted by Crippen LogP contribution is 2.37. The van der Waals surface area contributed by atoms with Crippen molar-refractivity contribution in [3.05, 3.63) is 27.3 Å². The third kappa shape index (κ3) is 5.47. The molecule has 32 heavy (non-hydrogen) atoms. The highest BCUT2D eigenvalue weighted by molar-refractivity contribution is 7.16. The molecule has 0 N–H and O–H groups in total. The smallest absolute Gasteiger partial charge is 0.271 e. The number of thiazole rings is 1. The molecule has 2 heterocycles. The predicted molar refractivity (Wildman–Crippen MR) is 132 cm³/mol. The summed E-state index contributed by atoms with van der Waals surface area (Å²) in [5.41, 5.74) is 1.60. The van der Waals surface area contributed by atoms with Crippen molar-refractivity contribution < 1.29 is 9.59 Å². The highest BCUT2D eigenvalue weighted by atomic mass is 32.1. The third-order valence-electron chi connectivity index (χ3n) is 5.60. The van der Waals surface area contributed by atoms with Gasteiger partial charge in [-0.3, -0.25) is 14.5 Å². The summed E-state index contributed by atoms with van der Waals surface area (Å²) in [4.78, 5) is 35.0. The molecule has 0 spiro atoms. The van der Waals surface area contributed by atoms with Gasteiger partial charge in [0, 0.05) is 30.6 Å². The van der Waals surface area contributed by atoms with E-state index in [-0.39, 0.29) is 23.4 Å². The van der Waals surface area contributed by atoms with Crippen LogP contribution in [0.4, 0.5) is 5.13 Å². The normalized spacial score (nSPS) is 16.2. The van der Waals surface area contributed by atoms with Gasteiger partial charge in [-0.2, -0.15) is 5.26 Å². The van der Waals surface area contributed by atoms with Crippen LogP contribution in [-0.2, 0) is 15.0 Å². The number of hydrogen-bond donors (Lipinski definition) is 0. The minimum Gasteiger partial charge on any atom is -0.348 e. The molecule has 7 heteroatoms. The Hall–Kier alpha value is -2.46. The average molecular weight is 457 g/mol. The second kappa shape index (κ2) is 10.9. The fraction of sp³-hybridized carbons (Fsp3) is 0.600. The van der Waals surface area contributed by atoms with Crippen molar-refractivity contribution in [2.75, 3.05) is 24.5 Å². The van der Waals surface area contributed by atoms with Crippen LogP contribution in [0.15, 0.2) is 16.7 Å². The molecule has 0 aromatic carbocycles. The number of aromatic nitrogens is 1. The number of anilines is 1. The maximum Gasteiger partial charge on any atom is 0.271 e. The highest BCUT2D eigenvalue weighted by Gasteiger charge is 2.35. The van der Waals surface area contributed by atoms with Crippen molar-refractivity contribution in [3.63, 3.8) is 0 Å². The summed E-state index contributed by atoms with van der Waals surface area (Å²) in [6.07, 6.45) is 6.28. The summed E-state index contributed by atoms with van der Waals surface area (Å²) >= 11 is 1.59. The number of carbonyl (C=O) groups is 2. The van der Waals surface area contributed by atoms with Crippen molar-refractivity contribution >= 4 is 34.4 Å². The molecule has 0 bridgehead atoms. The van der Waals surface area contributed by atoms with Gasteiger partial charge in [0.25, 0.3) is 11.8 Å². The number of hydrogen-bond acceptors (Lipinski definition) is 6. The van der Waals surface area contributed by atoms with Crippen molar-refractivity contribution in [2.45, 2.75) is 79.6 Å². The summed E-state index contributed by atoms with van der Waals surface area (Å²) in [6, 6.07) is 1.99. The molecular weight excluding hydrogens is 420 g/mol. The Bertz CT molecular complexity index is 952.